The van der Waals surface area contributed by atoms with Gasteiger partial charge in [0.2, 0.25) is 0 Å². The number of thiocarbonyl (C=S) groups is 1. The van der Waals surface area contributed by atoms with Gasteiger partial charge in [-0.1, -0.05) is 22.0 Å². The number of benzene rings is 2. The Bertz CT molecular complexity index is 740. The highest BCUT2D eigenvalue weighted by Gasteiger charge is 2.05. The van der Waals surface area contributed by atoms with Crippen LogP contribution in [-0.2, 0) is 0 Å². The van der Waals surface area contributed by atoms with Crippen molar-refractivity contribution in [3.05, 3.63) is 56.7 Å². The van der Waals surface area contributed by atoms with Crippen molar-refractivity contribution < 1.29 is 9.50 Å². The van der Waals surface area contributed by atoms with Crippen LogP contribution in [0.3, 0.4) is 0 Å². The van der Waals surface area contributed by atoms with Crippen LogP contribution < -0.4 is 10.7 Å². The quantitative estimate of drug-likeness (QED) is 0.372. The van der Waals surface area contributed by atoms with E-state index < -0.39 is 0 Å². The van der Waals surface area contributed by atoms with Crippen molar-refractivity contribution in [2.45, 2.75) is 0 Å². The summed E-state index contributed by atoms with van der Waals surface area (Å²) in [4.78, 5) is 0. The monoisotopic (exact) mass is 445 g/mol. The molecule has 114 valence electrons. The van der Waals surface area contributed by atoms with Crippen molar-refractivity contribution in [1.82, 2.24) is 5.43 Å². The number of anilines is 1. The zero-order valence-electron chi connectivity index (χ0n) is 11.0. The van der Waals surface area contributed by atoms with Crippen LogP contribution >= 0.6 is 44.1 Å². The molecule has 22 heavy (non-hydrogen) atoms. The maximum absolute atomic E-state index is 13.0. The summed E-state index contributed by atoms with van der Waals surface area (Å²) in [6.45, 7) is 0. The SMILES string of the molecule is Oc1c(Br)cc(Br)cc1/C=N\NC(=S)Nc1cccc(F)c1. The number of hydrogen-bond donors (Lipinski definition) is 3. The van der Waals surface area contributed by atoms with Crippen LogP contribution in [0.1, 0.15) is 5.56 Å². The minimum atomic E-state index is -0.361. The van der Waals surface area contributed by atoms with E-state index in [1.165, 1.54) is 18.3 Å². The summed E-state index contributed by atoms with van der Waals surface area (Å²) in [5.74, 6) is -0.294. The third-order valence-electron chi connectivity index (χ3n) is 2.51. The number of hydrogen-bond acceptors (Lipinski definition) is 3. The van der Waals surface area contributed by atoms with Crippen LogP contribution in [-0.4, -0.2) is 16.4 Å². The molecule has 0 saturated heterocycles. The molecular formula is C14H10Br2FN3OS. The zero-order valence-corrected chi connectivity index (χ0v) is 15.0. The number of phenolic OH excluding ortho intramolecular Hbond substituents is 1. The topological polar surface area (TPSA) is 56.7 Å². The highest BCUT2D eigenvalue weighted by molar-refractivity contribution is 9.11. The molecule has 4 nitrogen and oxygen atoms in total. The number of aromatic hydroxyl groups is 1. The molecule has 0 saturated carbocycles. The number of phenols is 1. The lowest BCUT2D eigenvalue weighted by Gasteiger charge is -2.07. The Hall–Kier alpha value is -1.51. The number of halogens is 3. The summed E-state index contributed by atoms with van der Waals surface area (Å²) in [5.41, 5.74) is 3.61. The van der Waals surface area contributed by atoms with E-state index in [0.29, 0.717) is 15.7 Å². The van der Waals surface area contributed by atoms with Gasteiger partial charge in [0.1, 0.15) is 11.6 Å². The normalized spacial score (nSPS) is 10.7. The third-order valence-corrected chi connectivity index (χ3v) is 3.77. The molecular weight excluding hydrogens is 437 g/mol. The van der Waals surface area contributed by atoms with Crippen molar-refractivity contribution in [1.29, 1.82) is 0 Å². The Morgan fingerprint density at radius 1 is 1.27 bits per heavy atom. The van der Waals surface area contributed by atoms with Gasteiger partial charge in [0.25, 0.3) is 0 Å². The third kappa shape index (κ3) is 4.75. The van der Waals surface area contributed by atoms with Crippen LogP contribution in [0.15, 0.2) is 50.4 Å². The lowest BCUT2D eigenvalue weighted by Crippen LogP contribution is -2.23. The number of rotatable bonds is 3. The highest BCUT2D eigenvalue weighted by Crippen LogP contribution is 2.30. The minimum Gasteiger partial charge on any atom is -0.506 e. The summed E-state index contributed by atoms with van der Waals surface area (Å²) >= 11 is 11.6. The van der Waals surface area contributed by atoms with Crippen LogP contribution in [0.4, 0.5) is 10.1 Å². The highest BCUT2D eigenvalue weighted by atomic mass is 79.9. The van der Waals surface area contributed by atoms with E-state index in [1.807, 2.05) is 0 Å². The average Bonchev–Trinajstić information content (AvgIpc) is 2.44. The molecule has 0 aliphatic heterocycles. The van der Waals surface area contributed by atoms with E-state index >= 15 is 0 Å². The minimum absolute atomic E-state index is 0.0674. The van der Waals surface area contributed by atoms with E-state index in [2.05, 4.69) is 47.7 Å². The first-order chi connectivity index (χ1) is 10.5. The van der Waals surface area contributed by atoms with Crippen molar-refractivity contribution in [2.75, 3.05) is 5.32 Å². The van der Waals surface area contributed by atoms with Gasteiger partial charge in [0, 0.05) is 15.7 Å². The first-order valence-electron chi connectivity index (χ1n) is 5.99. The molecule has 2 aromatic rings. The predicted molar refractivity (Wildman–Crippen MR) is 96.9 cm³/mol. The molecule has 3 N–H and O–H groups in total. The molecule has 0 amide bonds. The summed E-state index contributed by atoms with van der Waals surface area (Å²) in [5, 5.41) is 16.8. The van der Waals surface area contributed by atoms with E-state index in [9.17, 15) is 9.50 Å². The predicted octanol–water partition coefficient (Wildman–Crippen LogP) is 4.38. The van der Waals surface area contributed by atoms with Gasteiger partial charge in [-0.3, -0.25) is 5.43 Å². The smallest absolute Gasteiger partial charge is 0.191 e. The van der Waals surface area contributed by atoms with E-state index in [-0.39, 0.29) is 16.7 Å². The molecule has 0 unspecified atom stereocenters. The summed E-state index contributed by atoms with van der Waals surface area (Å²) in [6.07, 6.45) is 1.42. The second kappa shape index (κ2) is 7.66. The van der Waals surface area contributed by atoms with Gasteiger partial charge in [0.05, 0.1) is 10.7 Å². The number of hydrazone groups is 1. The van der Waals surface area contributed by atoms with Gasteiger partial charge in [0.15, 0.2) is 5.11 Å². The Morgan fingerprint density at radius 3 is 2.77 bits per heavy atom. The van der Waals surface area contributed by atoms with Gasteiger partial charge >= 0.3 is 0 Å². The Morgan fingerprint density at radius 2 is 2.05 bits per heavy atom. The average molecular weight is 447 g/mol. The van der Waals surface area contributed by atoms with Crippen LogP contribution in [0, 0.1) is 5.82 Å². The van der Waals surface area contributed by atoms with E-state index in [4.69, 9.17) is 12.2 Å². The van der Waals surface area contributed by atoms with E-state index in [1.54, 1.807) is 24.3 Å². The lowest BCUT2D eigenvalue weighted by atomic mass is 10.2. The standard InChI is InChI=1S/C14H10Br2FN3OS/c15-9-4-8(13(21)12(16)5-9)7-18-20-14(22)19-11-3-1-2-10(17)6-11/h1-7,21H,(H2,19,20,22)/b18-7-. The second-order valence-electron chi connectivity index (χ2n) is 4.16. The van der Waals surface area contributed by atoms with Gasteiger partial charge in [-0.05, 0) is 58.5 Å². The molecule has 0 radical (unpaired) electrons. The Labute approximate surface area is 148 Å². The fourth-order valence-corrected chi connectivity index (χ4v) is 3.00. The fourth-order valence-electron chi connectivity index (χ4n) is 1.57. The van der Waals surface area contributed by atoms with Crippen LogP contribution in [0.25, 0.3) is 0 Å². The van der Waals surface area contributed by atoms with Crippen molar-refractivity contribution in [3.63, 3.8) is 0 Å². The maximum Gasteiger partial charge on any atom is 0.191 e. The van der Waals surface area contributed by atoms with Gasteiger partial charge in [-0.25, -0.2) is 4.39 Å². The van der Waals surface area contributed by atoms with Crippen molar-refractivity contribution in [2.24, 2.45) is 5.10 Å². The lowest BCUT2D eigenvalue weighted by molar-refractivity contribution is 0.471. The molecule has 0 aliphatic carbocycles. The summed E-state index contributed by atoms with van der Waals surface area (Å²) in [6, 6.07) is 9.33. The molecule has 0 heterocycles. The van der Waals surface area contributed by atoms with Crippen LogP contribution in [0.5, 0.6) is 5.75 Å². The van der Waals surface area contributed by atoms with Gasteiger partial charge < -0.3 is 10.4 Å². The van der Waals surface area contributed by atoms with Crippen molar-refractivity contribution >= 4 is 61.1 Å². The molecule has 0 bridgehead atoms. The van der Waals surface area contributed by atoms with Crippen LogP contribution in [0.2, 0.25) is 0 Å². The molecule has 0 aliphatic rings. The first kappa shape index (κ1) is 16.9. The summed E-state index contributed by atoms with van der Waals surface area (Å²) < 4.78 is 14.4. The zero-order chi connectivity index (χ0) is 16.1. The molecule has 2 rings (SSSR count). The Kier molecular flexibility index (Phi) is 5.87. The second-order valence-corrected chi connectivity index (χ2v) is 6.34. The van der Waals surface area contributed by atoms with Gasteiger partial charge in [-0.2, -0.15) is 5.10 Å². The molecule has 0 atom stereocenters. The molecule has 0 spiro atoms. The number of nitrogens with zero attached hydrogens (tertiary/aromatic N) is 1. The van der Waals surface area contributed by atoms with Crippen molar-refractivity contribution in [3.8, 4) is 5.75 Å². The fraction of sp³-hybridized carbons (Fsp3) is 0. The maximum atomic E-state index is 13.0. The Balaban J connectivity index is 1.99. The molecule has 0 fully saturated rings. The summed E-state index contributed by atoms with van der Waals surface area (Å²) in [7, 11) is 0. The molecule has 0 aromatic heterocycles. The molecule has 8 heteroatoms. The van der Waals surface area contributed by atoms with E-state index in [0.717, 1.165) is 4.47 Å². The number of nitrogens with one attached hydrogen (secondary N) is 2. The van der Waals surface area contributed by atoms with Gasteiger partial charge in [-0.15, -0.1) is 0 Å². The first-order valence-corrected chi connectivity index (χ1v) is 7.99. The molecule has 2 aromatic carbocycles. The largest absolute Gasteiger partial charge is 0.506 e.